The van der Waals surface area contributed by atoms with Crippen LogP contribution in [0.4, 0.5) is 0 Å². The smallest absolute Gasteiger partial charge is 0.0541 e. The van der Waals surface area contributed by atoms with E-state index in [9.17, 15) is 5.11 Å². The summed E-state index contributed by atoms with van der Waals surface area (Å²) in [5.41, 5.74) is 5.68. The fourth-order valence-electron chi connectivity index (χ4n) is 3.08. The summed E-state index contributed by atoms with van der Waals surface area (Å²) in [7, 11) is 2.22. The third-order valence-electron chi connectivity index (χ3n) is 4.88. The Morgan fingerprint density at radius 3 is 2.32 bits per heavy atom. The lowest BCUT2D eigenvalue weighted by Gasteiger charge is -2.33. The second kappa shape index (κ2) is 6.06. The maximum absolute atomic E-state index is 9.59. The predicted molar refractivity (Wildman–Crippen MR) is 80.4 cm³/mol. The average molecular weight is 261 g/mol. The lowest BCUT2D eigenvalue weighted by atomic mass is 9.91. The largest absolute Gasteiger partial charge is 0.393 e. The molecular formula is C17H27NO. The molecule has 0 aliphatic heterocycles. The first-order valence-electron chi connectivity index (χ1n) is 7.43. The van der Waals surface area contributed by atoms with E-state index in [1.807, 2.05) is 0 Å². The van der Waals surface area contributed by atoms with E-state index in [4.69, 9.17) is 0 Å². The van der Waals surface area contributed by atoms with E-state index in [0.29, 0.717) is 6.04 Å². The van der Waals surface area contributed by atoms with Crippen molar-refractivity contribution in [2.24, 2.45) is 0 Å². The zero-order valence-electron chi connectivity index (χ0n) is 12.7. The van der Waals surface area contributed by atoms with Gasteiger partial charge in [-0.1, -0.05) is 12.1 Å². The number of nitrogens with zero attached hydrogens (tertiary/aromatic N) is 1. The van der Waals surface area contributed by atoms with E-state index in [-0.39, 0.29) is 6.10 Å². The molecule has 0 saturated heterocycles. The van der Waals surface area contributed by atoms with Crippen LogP contribution in [-0.4, -0.2) is 29.2 Å². The number of hydrogen-bond acceptors (Lipinski definition) is 2. The Labute approximate surface area is 117 Å². The van der Waals surface area contributed by atoms with Gasteiger partial charge in [-0.25, -0.2) is 0 Å². The molecular weight excluding hydrogens is 234 g/mol. The fraction of sp³-hybridized carbons (Fsp3) is 0.647. The number of aryl methyl sites for hydroxylation is 1. The van der Waals surface area contributed by atoms with Crippen molar-refractivity contribution in [3.63, 3.8) is 0 Å². The summed E-state index contributed by atoms with van der Waals surface area (Å²) in [6.07, 6.45) is 4.11. The number of aliphatic hydroxyl groups excluding tert-OH is 1. The molecule has 1 aliphatic rings. The van der Waals surface area contributed by atoms with Gasteiger partial charge in [0.2, 0.25) is 0 Å². The van der Waals surface area contributed by atoms with E-state index in [2.05, 4.69) is 44.9 Å². The summed E-state index contributed by atoms with van der Waals surface area (Å²) in [6, 6.07) is 5.13. The van der Waals surface area contributed by atoms with Gasteiger partial charge in [0.25, 0.3) is 0 Å². The van der Waals surface area contributed by atoms with Crippen LogP contribution in [0.3, 0.4) is 0 Å². The van der Waals surface area contributed by atoms with E-state index >= 15 is 0 Å². The van der Waals surface area contributed by atoms with Crippen molar-refractivity contribution in [3.05, 3.63) is 34.4 Å². The molecule has 2 heteroatoms. The molecule has 1 saturated carbocycles. The van der Waals surface area contributed by atoms with E-state index < -0.39 is 0 Å². The van der Waals surface area contributed by atoms with Crippen molar-refractivity contribution in [2.45, 2.75) is 65.1 Å². The number of rotatable bonds is 3. The lowest BCUT2D eigenvalue weighted by molar-refractivity contribution is 0.0817. The van der Waals surface area contributed by atoms with Gasteiger partial charge in [-0.15, -0.1) is 0 Å². The molecule has 1 aliphatic carbocycles. The van der Waals surface area contributed by atoms with Crippen molar-refractivity contribution < 1.29 is 5.11 Å². The Kier molecular flexibility index (Phi) is 4.64. The van der Waals surface area contributed by atoms with Gasteiger partial charge in [-0.2, -0.15) is 0 Å². The molecule has 19 heavy (non-hydrogen) atoms. The highest BCUT2D eigenvalue weighted by Gasteiger charge is 2.22. The standard InChI is InChI=1S/C17H27NO/c1-12-5-6-15(14(3)13(12)2)11-18(4)16-7-9-17(19)10-8-16/h5-6,16-17,19H,7-11H2,1-4H3. The number of benzene rings is 1. The molecule has 2 rings (SSSR count). The van der Waals surface area contributed by atoms with Crippen LogP contribution in [0.2, 0.25) is 0 Å². The van der Waals surface area contributed by atoms with Gasteiger partial charge in [-0.3, -0.25) is 4.90 Å². The minimum absolute atomic E-state index is 0.0620. The van der Waals surface area contributed by atoms with Crippen molar-refractivity contribution in [3.8, 4) is 0 Å². The van der Waals surface area contributed by atoms with Gasteiger partial charge in [-0.05, 0) is 75.8 Å². The zero-order chi connectivity index (χ0) is 14.0. The summed E-state index contributed by atoms with van der Waals surface area (Å²) in [5.74, 6) is 0. The molecule has 1 N–H and O–H groups in total. The maximum Gasteiger partial charge on any atom is 0.0541 e. The van der Waals surface area contributed by atoms with E-state index in [0.717, 1.165) is 32.2 Å². The van der Waals surface area contributed by atoms with Crippen LogP contribution >= 0.6 is 0 Å². The highest BCUT2D eigenvalue weighted by molar-refractivity contribution is 5.38. The first-order valence-corrected chi connectivity index (χ1v) is 7.43. The molecule has 0 unspecified atom stereocenters. The third kappa shape index (κ3) is 3.37. The zero-order valence-corrected chi connectivity index (χ0v) is 12.7. The van der Waals surface area contributed by atoms with Crippen molar-refractivity contribution >= 4 is 0 Å². The average Bonchev–Trinajstić information content (AvgIpc) is 2.40. The van der Waals surface area contributed by atoms with Crippen molar-refractivity contribution in [2.75, 3.05) is 7.05 Å². The molecule has 1 aromatic rings. The van der Waals surface area contributed by atoms with Gasteiger partial charge >= 0.3 is 0 Å². The molecule has 0 radical (unpaired) electrons. The maximum atomic E-state index is 9.59. The molecule has 0 atom stereocenters. The van der Waals surface area contributed by atoms with E-state index in [1.54, 1.807) is 0 Å². The third-order valence-corrected chi connectivity index (χ3v) is 4.88. The minimum Gasteiger partial charge on any atom is -0.393 e. The second-order valence-electron chi connectivity index (χ2n) is 6.17. The molecule has 0 amide bonds. The van der Waals surface area contributed by atoms with Gasteiger partial charge in [0.1, 0.15) is 0 Å². The SMILES string of the molecule is Cc1ccc(CN(C)C2CCC(O)CC2)c(C)c1C. The Hall–Kier alpha value is -0.860. The second-order valence-corrected chi connectivity index (χ2v) is 6.17. The lowest BCUT2D eigenvalue weighted by Crippen LogP contribution is -2.36. The van der Waals surface area contributed by atoms with Crippen LogP contribution in [0.15, 0.2) is 12.1 Å². The van der Waals surface area contributed by atoms with Crippen LogP contribution in [0.5, 0.6) is 0 Å². The molecule has 1 fully saturated rings. The summed E-state index contributed by atoms with van der Waals surface area (Å²) in [6.45, 7) is 7.65. The Bertz CT molecular complexity index is 433. The molecule has 1 aromatic carbocycles. The van der Waals surface area contributed by atoms with Crippen LogP contribution < -0.4 is 0 Å². The molecule has 0 aromatic heterocycles. The Morgan fingerprint density at radius 1 is 1.05 bits per heavy atom. The van der Waals surface area contributed by atoms with Crippen LogP contribution in [0.1, 0.15) is 47.9 Å². The first kappa shape index (κ1) is 14.5. The van der Waals surface area contributed by atoms with Crippen molar-refractivity contribution in [1.82, 2.24) is 4.90 Å². The normalized spacial score (nSPS) is 23.9. The van der Waals surface area contributed by atoms with Gasteiger partial charge in [0.15, 0.2) is 0 Å². The molecule has 0 bridgehead atoms. The monoisotopic (exact) mass is 261 g/mol. The molecule has 0 spiro atoms. The van der Waals surface area contributed by atoms with Gasteiger partial charge in [0.05, 0.1) is 6.10 Å². The van der Waals surface area contributed by atoms with E-state index in [1.165, 1.54) is 22.3 Å². The summed E-state index contributed by atoms with van der Waals surface area (Å²) in [4.78, 5) is 2.46. The molecule has 2 nitrogen and oxygen atoms in total. The van der Waals surface area contributed by atoms with Crippen LogP contribution in [0, 0.1) is 20.8 Å². The molecule has 106 valence electrons. The highest BCUT2D eigenvalue weighted by Crippen LogP contribution is 2.25. The highest BCUT2D eigenvalue weighted by atomic mass is 16.3. The van der Waals surface area contributed by atoms with Gasteiger partial charge in [0, 0.05) is 12.6 Å². The fourth-order valence-corrected chi connectivity index (χ4v) is 3.08. The number of hydrogen-bond donors (Lipinski definition) is 1. The number of aliphatic hydroxyl groups is 1. The van der Waals surface area contributed by atoms with Crippen molar-refractivity contribution in [1.29, 1.82) is 0 Å². The first-order chi connectivity index (χ1) is 8.99. The van der Waals surface area contributed by atoms with Crippen LogP contribution in [-0.2, 0) is 6.54 Å². The predicted octanol–water partition coefficient (Wildman–Crippen LogP) is 3.35. The van der Waals surface area contributed by atoms with Gasteiger partial charge < -0.3 is 5.11 Å². The summed E-state index contributed by atoms with van der Waals surface area (Å²) < 4.78 is 0. The minimum atomic E-state index is -0.0620. The topological polar surface area (TPSA) is 23.5 Å². The quantitative estimate of drug-likeness (QED) is 0.902. The summed E-state index contributed by atoms with van der Waals surface area (Å²) in [5, 5.41) is 9.59. The summed E-state index contributed by atoms with van der Waals surface area (Å²) >= 11 is 0. The Morgan fingerprint density at radius 2 is 1.68 bits per heavy atom. The Balaban J connectivity index is 2.03. The van der Waals surface area contributed by atoms with Crippen LogP contribution in [0.25, 0.3) is 0 Å². The molecule has 0 heterocycles.